The Kier molecular flexibility index (Phi) is 0.852. The largest absolute Gasteiger partial charge is 0.313 e. The fraction of sp³-hybridized carbons (Fsp3) is 1.00. The normalized spacial score (nSPS) is 52.9. The van der Waals surface area contributed by atoms with Gasteiger partial charge in [-0.15, -0.1) is 0 Å². The molecule has 1 aliphatic carbocycles. The molecule has 3 unspecified atom stereocenters. The molecule has 0 radical (unpaired) electrons. The first-order valence-electron chi connectivity index (χ1n) is 3.25. The van der Waals surface area contributed by atoms with Crippen LogP contribution >= 0.6 is 0 Å². The smallest absolute Gasteiger partial charge is 0.106 e. The van der Waals surface area contributed by atoms with E-state index in [9.17, 15) is 4.39 Å². The van der Waals surface area contributed by atoms with E-state index in [0.717, 1.165) is 19.4 Å². The first-order valence-corrected chi connectivity index (χ1v) is 3.25. The van der Waals surface area contributed by atoms with Crippen LogP contribution in [0.4, 0.5) is 4.39 Å². The summed E-state index contributed by atoms with van der Waals surface area (Å²) >= 11 is 0. The molecule has 1 aliphatic heterocycles. The third kappa shape index (κ3) is 0.440. The molecule has 0 bridgehead atoms. The van der Waals surface area contributed by atoms with Gasteiger partial charge in [0.15, 0.2) is 0 Å². The van der Waals surface area contributed by atoms with Crippen LogP contribution in [-0.4, -0.2) is 18.8 Å². The molecule has 2 rings (SSSR count). The summed E-state index contributed by atoms with van der Waals surface area (Å²) in [5, 5.41) is 3.25. The molecule has 0 aromatic carbocycles. The van der Waals surface area contributed by atoms with Crippen molar-refractivity contribution in [2.45, 2.75) is 25.1 Å². The maximum absolute atomic E-state index is 12.4. The van der Waals surface area contributed by atoms with Gasteiger partial charge in [-0.1, -0.05) is 0 Å². The lowest BCUT2D eigenvalue weighted by molar-refractivity contribution is 0.0953. The summed E-state index contributed by atoms with van der Waals surface area (Å²) in [6.07, 6.45) is 1.35. The van der Waals surface area contributed by atoms with Gasteiger partial charge in [0, 0.05) is 12.0 Å². The van der Waals surface area contributed by atoms with Crippen LogP contribution < -0.4 is 5.32 Å². The second-order valence-electron chi connectivity index (χ2n) is 2.76. The number of hydrogen-bond acceptors (Lipinski definition) is 1. The third-order valence-corrected chi connectivity index (χ3v) is 2.34. The third-order valence-electron chi connectivity index (χ3n) is 2.34. The lowest BCUT2D eigenvalue weighted by Gasteiger charge is -2.33. The van der Waals surface area contributed by atoms with Crippen molar-refractivity contribution in [2.24, 2.45) is 5.92 Å². The van der Waals surface area contributed by atoms with Crippen molar-refractivity contribution in [1.82, 2.24) is 5.32 Å². The SMILES string of the molecule is FC1CC2NCCC12. The number of fused-ring (bicyclic) bond motifs is 1. The highest BCUT2D eigenvalue weighted by molar-refractivity contribution is 4.98. The van der Waals surface area contributed by atoms with Gasteiger partial charge >= 0.3 is 0 Å². The Morgan fingerprint density at radius 2 is 2.38 bits per heavy atom. The molecule has 1 N–H and O–H groups in total. The van der Waals surface area contributed by atoms with Crippen molar-refractivity contribution >= 4 is 0 Å². The summed E-state index contributed by atoms with van der Waals surface area (Å²) in [4.78, 5) is 0. The number of hydrogen-bond donors (Lipinski definition) is 1. The maximum atomic E-state index is 12.4. The number of alkyl halides is 1. The summed E-state index contributed by atoms with van der Waals surface area (Å²) in [5.74, 6) is 0.384. The van der Waals surface area contributed by atoms with Crippen molar-refractivity contribution < 1.29 is 4.39 Å². The summed E-state index contributed by atoms with van der Waals surface area (Å²) in [6, 6.07) is 0.546. The minimum Gasteiger partial charge on any atom is -0.313 e. The molecule has 8 heavy (non-hydrogen) atoms. The predicted octanol–water partition coefficient (Wildman–Crippen LogP) is 0.706. The van der Waals surface area contributed by atoms with E-state index in [0.29, 0.717) is 12.0 Å². The molecule has 0 aromatic rings. The van der Waals surface area contributed by atoms with Gasteiger partial charge < -0.3 is 5.32 Å². The predicted molar refractivity (Wildman–Crippen MR) is 29.4 cm³/mol. The molecule has 1 nitrogen and oxygen atoms in total. The van der Waals surface area contributed by atoms with Crippen molar-refractivity contribution in [1.29, 1.82) is 0 Å². The quantitative estimate of drug-likeness (QED) is 0.490. The molecule has 0 amide bonds. The van der Waals surface area contributed by atoms with Gasteiger partial charge in [-0.3, -0.25) is 0 Å². The summed E-state index contributed by atoms with van der Waals surface area (Å²) < 4.78 is 12.4. The molecule has 1 saturated heterocycles. The Hall–Kier alpha value is -0.110. The molecule has 0 spiro atoms. The summed E-state index contributed by atoms with van der Waals surface area (Å²) in [7, 11) is 0. The Morgan fingerprint density at radius 1 is 1.50 bits per heavy atom. The Balaban J connectivity index is 2.02. The zero-order chi connectivity index (χ0) is 5.56. The lowest BCUT2D eigenvalue weighted by Crippen LogP contribution is -2.44. The van der Waals surface area contributed by atoms with E-state index < -0.39 is 6.17 Å². The molecule has 0 aromatic heterocycles. The van der Waals surface area contributed by atoms with E-state index in [1.807, 2.05) is 0 Å². The second-order valence-corrected chi connectivity index (χ2v) is 2.76. The van der Waals surface area contributed by atoms with Crippen LogP contribution in [-0.2, 0) is 0 Å². The minimum atomic E-state index is -0.477. The van der Waals surface area contributed by atoms with Crippen LogP contribution in [0.15, 0.2) is 0 Å². The van der Waals surface area contributed by atoms with E-state index in [2.05, 4.69) is 5.32 Å². The fourth-order valence-electron chi connectivity index (χ4n) is 1.70. The monoisotopic (exact) mass is 115 g/mol. The topological polar surface area (TPSA) is 12.0 Å². The average molecular weight is 115 g/mol. The first kappa shape index (κ1) is 4.74. The van der Waals surface area contributed by atoms with Crippen molar-refractivity contribution in [2.75, 3.05) is 6.54 Å². The highest BCUT2D eigenvalue weighted by Gasteiger charge is 2.43. The summed E-state index contributed by atoms with van der Waals surface area (Å²) in [5.41, 5.74) is 0. The maximum Gasteiger partial charge on any atom is 0.106 e. The molecule has 46 valence electrons. The van der Waals surface area contributed by atoms with Gasteiger partial charge in [0.25, 0.3) is 0 Å². The highest BCUT2D eigenvalue weighted by Crippen LogP contribution is 2.36. The molecule has 1 heterocycles. The number of rotatable bonds is 0. The number of halogens is 1. The highest BCUT2D eigenvalue weighted by atomic mass is 19.1. The van der Waals surface area contributed by atoms with Gasteiger partial charge in [-0.05, 0) is 19.4 Å². The first-order chi connectivity index (χ1) is 3.88. The van der Waals surface area contributed by atoms with Crippen molar-refractivity contribution in [3.05, 3.63) is 0 Å². The fourth-order valence-corrected chi connectivity index (χ4v) is 1.70. The molecule has 2 heteroatoms. The zero-order valence-electron chi connectivity index (χ0n) is 4.73. The van der Waals surface area contributed by atoms with E-state index in [1.165, 1.54) is 0 Å². The van der Waals surface area contributed by atoms with E-state index in [4.69, 9.17) is 0 Å². The van der Waals surface area contributed by atoms with Crippen molar-refractivity contribution in [3.8, 4) is 0 Å². The molecule has 2 aliphatic rings. The van der Waals surface area contributed by atoms with Crippen molar-refractivity contribution in [3.63, 3.8) is 0 Å². The van der Waals surface area contributed by atoms with Crippen LogP contribution in [0, 0.1) is 5.92 Å². The van der Waals surface area contributed by atoms with E-state index in [-0.39, 0.29) is 0 Å². The van der Waals surface area contributed by atoms with Gasteiger partial charge in [-0.25, -0.2) is 4.39 Å². The van der Waals surface area contributed by atoms with E-state index >= 15 is 0 Å². The molecule has 1 saturated carbocycles. The average Bonchev–Trinajstić information content (AvgIpc) is 2.09. The summed E-state index contributed by atoms with van der Waals surface area (Å²) in [6.45, 7) is 1.04. The molecule has 3 atom stereocenters. The lowest BCUT2D eigenvalue weighted by atomic mass is 9.79. The minimum absolute atomic E-state index is 0.384. The Bertz CT molecular complexity index is 105. The van der Waals surface area contributed by atoms with Crippen LogP contribution in [0.3, 0.4) is 0 Å². The second kappa shape index (κ2) is 1.44. The van der Waals surface area contributed by atoms with Crippen LogP contribution in [0.5, 0.6) is 0 Å². The standard InChI is InChI=1S/C6H10FN/c7-5-3-6-4(5)1-2-8-6/h4-6,8H,1-3H2. The Labute approximate surface area is 48.3 Å². The zero-order valence-corrected chi connectivity index (χ0v) is 4.73. The van der Waals surface area contributed by atoms with E-state index in [1.54, 1.807) is 0 Å². The van der Waals surface area contributed by atoms with Crippen LogP contribution in [0.25, 0.3) is 0 Å². The van der Waals surface area contributed by atoms with Crippen LogP contribution in [0.1, 0.15) is 12.8 Å². The molecular formula is C6H10FN. The van der Waals surface area contributed by atoms with Gasteiger partial charge in [-0.2, -0.15) is 0 Å². The molecule has 2 fully saturated rings. The van der Waals surface area contributed by atoms with Gasteiger partial charge in [0.2, 0.25) is 0 Å². The van der Waals surface area contributed by atoms with Crippen LogP contribution in [0.2, 0.25) is 0 Å². The van der Waals surface area contributed by atoms with Gasteiger partial charge in [0.05, 0.1) is 0 Å². The Morgan fingerprint density at radius 3 is 2.88 bits per heavy atom. The number of nitrogens with one attached hydrogen (secondary N) is 1. The van der Waals surface area contributed by atoms with Gasteiger partial charge in [0.1, 0.15) is 6.17 Å². The molecular weight excluding hydrogens is 105 g/mol.